The van der Waals surface area contributed by atoms with Gasteiger partial charge in [0.05, 0.1) is 0 Å². The zero-order valence-corrected chi connectivity index (χ0v) is 17.9. The van der Waals surface area contributed by atoms with Crippen LogP contribution < -0.4 is 10.6 Å². The van der Waals surface area contributed by atoms with Crippen LogP contribution in [0, 0.1) is 0 Å². The van der Waals surface area contributed by atoms with Crippen molar-refractivity contribution < 1.29 is 4.74 Å². The van der Waals surface area contributed by atoms with E-state index < -0.39 is 0 Å². The van der Waals surface area contributed by atoms with Gasteiger partial charge in [0.15, 0.2) is 5.96 Å². The van der Waals surface area contributed by atoms with Crippen molar-refractivity contribution in [1.82, 2.24) is 10.6 Å². The fraction of sp³-hybridized carbons (Fsp3) is 0.562. The first kappa shape index (κ1) is 22.8. The lowest BCUT2D eigenvalue weighted by molar-refractivity contribution is 0.145. The van der Waals surface area contributed by atoms with E-state index in [1.807, 2.05) is 25.1 Å². The van der Waals surface area contributed by atoms with Gasteiger partial charge in [-0.1, -0.05) is 23.7 Å². The van der Waals surface area contributed by atoms with Crippen molar-refractivity contribution in [3.8, 4) is 0 Å². The molecule has 1 unspecified atom stereocenters. The Morgan fingerprint density at radius 2 is 2.17 bits per heavy atom. The molecule has 132 valence electrons. The number of ether oxygens (including phenoxy) is 1. The third-order valence-electron chi connectivity index (χ3n) is 3.15. The summed E-state index contributed by atoms with van der Waals surface area (Å²) in [7, 11) is 1.78. The fourth-order valence-corrected chi connectivity index (χ4v) is 2.85. The highest BCUT2D eigenvalue weighted by Gasteiger charge is 2.11. The van der Waals surface area contributed by atoms with E-state index in [2.05, 4.69) is 27.9 Å². The van der Waals surface area contributed by atoms with Crippen LogP contribution in [0.5, 0.6) is 0 Å². The average molecular weight is 472 g/mol. The molecule has 0 aliphatic carbocycles. The molecular weight excluding hydrogens is 445 g/mol. The van der Waals surface area contributed by atoms with Crippen LogP contribution in [0.15, 0.2) is 29.3 Å². The molecule has 0 bridgehead atoms. The van der Waals surface area contributed by atoms with E-state index in [-0.39, 0.29) is 24.0 Å². The standard InChI is InChI=1S/C16H26ClN3OS.HI/c1-4-21-10-6-9-19-16(18-2)20-12-15(22-3)13-7-5-8-14(17)11-13;/h5,7-8,11,15H,4,6,9-10,12H2,1-3H3,(H2,18,19,20);1H. The molecule has 0 aromatic heterocycles. The Morgan fingerprint density at radius 1 is 1.39 bits per heavy atom. The topological polar surface area (TPSA) is 45.6 Å². The van der Waals surface area contributed by atoms with Gasteiger partial charge in [0.2, 0.25) is 0 Å². The molecule has 0 heterocycles. The molecule has 0 radical (unpaired) electrons. The molecule has 1 rings (SSSR count). The van der Waals surface area contributed by atoms with E-state index in [1.54, 1.807) is 18.8 Å². The van der Waals surface area contributed by atoms with Gasteiger partial charge in [-0.2, -0.15) is 11.8 Å². The van der Waals surface area contributed by atoms with Crippen LogP contribution in [0.2, 0.25) is 5.02 Å². The Hall–Kier alpha value is -0.180. The lowest BCUT2D eigenvalue weighted by atomic mass is 10.1. The second kappa shape index (κ2) is 14.2. The summed E-state index contributed by atoms with van der Waals surface area (Å²) >= 11 is 7.86. The molecule has 4 nitrogen and oxygen atoms in total. The predicted octanol–water partition coefficient (Wildman–Crippen LogP) is 3.95. The SMILES string of the molecule is CCOCCCNC(=NC)NCC(SC)c1cccc(Cl)c1.I. The molecular formula is C16H27ClIN3OS. The van der Waals surface area contributed by atoms with Gasteiger partial charge in [0.25, 0.3) is 0 Å². The highest BCUT2D eigenvalue weighted by Crippen LogP contribution is 2.27. The lowest BCUT2D eigenvalue weighted by Crippen LogP contribution is -2.39. The molecule has 0 aliphatic rings. The molecule has 0 fully saturated rings. The van der Waals surface area contributed by atoms with Gasteiger partial charge in [-0.15, -0.1) is 24.0 Å². The highest BCUT2D eigenvalue weighted by molar-refractivity contribution is 14.0. The Labute approximate surface area is 166 Å². The van der Waals surface area contributed by atoms with E-state index in [0.29, 0.717) is 5.25 Å². The first-order valence-corrected chi connectivity index (χ1v) is 9.18. The summed E-state index contributed by atoms with van der Waals surface area (Å²) in [4.78, 5) is 4.24. The van der Waals surface area contributed by atoms with Gasteiger partial charge in [-0.25, -0.2) is 0 Å². The summed E-state index contributed by atoms with van der Waals surface area (Å²) in [5, 5.41) is 7.76. The van der Waals surface area contributed by atoms with Crippen molar-refractivity contribution >= 4 is 53.3 Å². The van der Waals surface area contributed by atoms with Crippen molar-refractivity contribution in [3.05, 3.63) is 34.9 Å². The molecule has 7 heteroatoms. The number of nitrogens with one attached hydrogen (secondary N) is 2. The van der Waals surface area contributed by atoms with Gasteiger partial charge < -0.3 is 15.4 Å². The smallest absolute Gasteiger partial charge is 0.191 e. The van der Waals surface area contributed by atoms with Crippen LogP contribution in [-0.2, 0) is 4.74 Å². The second-order valence-electron chi connectivity index (χ2n) is 4.71. The quantitative estimate of drug-likeness (QED) is 0.248. The first-order valence-electron chi connectivity index (χ1n) is 7.51. The first-order chi connectivity index (χ1) is 10.7. The van der Waals surface area contributed by atoms with Crippen LogP contribution in [0.3, 0.4) is 0 Å². The molecule has 2 N–H and O–H groups in total. The predicted molar refractivity (Wildman–Crippen MR) is 114 cm³/mol. The number of nitrogens with zero attached hydrogens (tertiary/aromatic N) is 1. The summed E-state index contributed by atoms with van der Waals surface area (Å²) in [6, 6.07) is 8.01. The van der Waals surface area contributed by atoms with E-state index in [4.69, 9.17) is 16.3 Å². The van der Waals surface area contributed by atoms with Crippen LogP contribution in [0.1, 0.15) is 24.2 Å². The minimum Gasteiger partial charge on any atom is -0.382 e. The number of thioether (sulfide) groups is 1. The summed E-state index contributed by atoms with van der Waals surface area (Å²) in [5.74, 6) is 0.817. The van der Waals surface area contributed by atoms with Crippen LogP contribution in [0.4, 0.5) is 0 Å². The van der Waals surface area contributed by atoms with E-state index in [9.17, 15) is 0 Å². The molecule has 1 aromatic carbocycles. The fourth-order valence-electron chi connectivity index (χ4n) is 1.98. The van der Waals surface area contributed by atoms with E-state index in [0.717, 1.165) is 43.7 Å². The second-order valence-corrected chi connectivity index (χ2v) is 6.19. The Morgan fingerprint density at radius 3 is 2.78 bits per heavy atom. The minimum absolute atomic E-state index is 0. The van der Waals surface area contributed by atoms with Crippen molar-refractivity contribution in [3.63, 3.8) is 0 Å². The Balaban J connectivity index is 0.00000484. The van der Waals surface area contributed by atoms with Crippen molar-refractivity contribution in [1.29, 1.82) is 0 Å². The van der Waals surface area contributed by atoms with Crippen LogP contribution >= 0.6 is 47.3 Å². The Bertz CT molecular complexity index is 463. The third-order valence-corrected chi connectivity index (χ3v) is 4.39. The van der Waals surface area contributed by atoms with Crippen molar-refractivity contribution in [2.45, 2.75) is 18.6 Å². The van der Waals surface area contributed by atoms with E-state index >= 15 is 0 Å². The molecule has 0 amide bonds. The molecule has 1 aromatic rings. The number of guanidine groups is 1. The summed E-state index contributed by atoms with van der Waals surface area (Å²) < 4.78 is 5.32. The van der Waals surface area contributed by atoms with Crippen LogP contribution in [0.25, 0.3) is 0 Å². The number of hydrogen-bond acceptors (Lipinski definition) is 3. The van der Waals surface area contributed by atoms with Crippen molar-refractivity contribution in [2.75, 3.05) is 39.6 Å². The zero-order valence-electron chi connectivity index (χ0n) is 14.0. The average Bonchev–Trinajstić information content (AvgIpc) is 2.53. The number of hydrogen-bond donors (Lipinski definition) is 2. The van der Waals surface area contributed by atoms with Crippen molar-refractivity contribution in [2.24, 2.45) is 4.99 Å². The molecule has 0 saturated heterocycles. The Kier molecular flexibility index (Phi) is 14.1. The van der Waals surface area contributed by atoms with E-state index in [1.165, 1.54) is 5.56 Å². The lowest BCUT2D eigenvalue weighted by Gasteiger charge is -2.18. The van der Waals surface area contributed by atoms with Gasteiger partial charge in [-0.3, -0.25) is 4.99 Å². The zero-order chi connectivity index (χ0) is 16.2. The maximum Gasteiger partial charge on any atom is 0.191 e. The van der Waals surface area contributed by atoms with Gasteiger partial charge >= 0.3 is 0 Å². The molecule has 0 spiro atoms. The number of benzene rings is 1. The number of halogens is 2. The normalized spacial score (nSPS) is 12.4. The van der Waals surface area contributed by atoms with Gasteiger partial charge in [0, 0.05) is 43.6 Å². The summed E-state index contributed by atoms with van der Waals surface area (Å²) in [6.45, 7) is 5.19. The van der Waals surface area contributed by atoms with Gasteiger partial charge in [-0.05, 0) is 37.3 Å². The minimum atomic E-state index is 0. The highest BCUT2D eigenvalue weighted by atomic mass is 127. The molecule has 0 saturated carbocycles. The maximum absolute atomic E-state index is 6.07. The number of aliphatic imine (C=N–C) groups is 1. The molecule has 23 heavy (non-hydrogen) atoms. The molecule has 0 aliphatic heterocycles. The maximum atomic E-state index is 6.07. The monoisotopic (exact) mass is 471 g/mol. The third kappa shape index (κ3) is 9.64. The molecule has 1 atom stereocenters. The largest absolute Gasteiger partial charge is 0.382 e. The number of rotatable bonds is 9. The summed E-state index contributed by atoms with van der Waals surface area (Å²) in [5.41, 5.74) is 1.22. The summed E-state index contributed by atoms with van der Waals surface area (Å²) in [6.07, 6.45) is 3.07. The van der Waals surface area contributed by atoms with Crippen LogP contribution in [-0.4, -0.2) is 45.6 Å². The van der Waals surface area contributed by atoms with Gasteiger partial charge in [0.1, 0.15) is 0 Å².